The van der Waals surface area contributed by atoms with Crippen LogP contribution >= 0.6 is 0 Å². The molecule has 0 N–H and O–H groups in total. The number of nitrogens with zero attached hydrogens (tertiary/aromatic N) is 2. The van der Waals surface area contributed by atoms with E-state index in [0.717, 1.165) is 17.0 Å². The molecule has 3 aromatic carbocycles. The molecule has 0 radical (unpaired) electrons. The van der Waals surface area contributed by atoms with Crippen molar-refractivity contribution in [3.05, 3.63) is 95.6 Å². The Morgan fingerprint density at radius 3 is 2.03 bits per heavy atom. The number of rotatable bonds is 5. The van der Waals surface area contributed by atoms with E-state index in [9.17, 15) is 4.39 Å². The Balaban J connectivity index is 1.99. The van der Waals surface area contributed by atoms with Crippen molar-refractivity contribution in [2.45, 2.75) is 46.5 Å². The standard InChI is InChI=1S/C28H29FN2/c1-18(2)25-16-22(21-9-7-6-8-10-21)17-26(19(3)4)27(25)31-14-13-30-28(31)24-12-11-23(29)15-20(24)5/h6-19H,1-5H3. The molecule has 2 nitrogen and oxygen atoms in total. The second-order valence-electron chi connectivity index (χ2n) is 8.76. The van der Waals surface area contributed by atoms with Crippen molar-refractivity contribution in [3.63, 3.8) is 0 Å². The molecule has 4 aromatic rings. The van der Waals surface area contributed by atoms with Crippen molar-refractivity contribution in [3.8, 4) is 28.2 Å². The first-order chi connectivity index (χ1) is 14.9. The predicted molar refractivity (Wildman–Crippen MR) is 127 cm³/mol. The van der Waals surface area contributed by atoms with Crippen molar-refractivity contribution in [2.24, 2.45) is 0 Å². The molecule has 0 unspecified atom stereocenters. The van der Waals surface area contributed by atoms with Gasteiger partial charge in [-0.1, -0.05) is 58.0 Å². The van der Waals surface area contributed by atoms with E-state index in [1.165, 1.54) is 34.0 Å². The van der Waals surface area contributed by atoms with Gasteiger partial charge in [-0.3, -0.25) is 4.57 Å². The summed E-state index contributed by atoms with van der Waals surface area (Å²) in [5.74, 6) is 1.28. The van der Waals surface area contributed by atoms with Gasteiger partial charge in [-0.2, -0.15) is 0 Å². The third kappa shape index (κ3) is 4.05. The zero-order valence-corrected chi connectivity index (χ0v) is 18.9. The van der Waals surface area contributed by atoms with E-state index in [1.807, 2.05) is 31.5 Å². The molecule has 31 heavy (non-hydrogen) atoms. The van der Waals surface area contributed by atoms with Gasteiger partial charge >= 0.3 is 0 Å². The van der Waals surface area contributed by atoms with E-state index in [1.54, 1.807) is 6.07 Å². The van der Waals surface area contributed by atoms with Crippen molar-refractivity contribution in [1.82, 2.24) is 9.55 Å². The molecule has 0 aliphatic rings. The van der Waals surface area contributed by atoms with Gasteiger partial charge in [-0.25, -0.2) is 9.37 Å². The number of hydrogen-bond acceptors (Lipinski definition) is 1. The SMILES string of the molecule is Cc1cc(F)ccc1-c1nccn1-c1c(C(C)C)cc(-c2ccccc2)cc1C(C)C. The van der Waals surface area contributed by atoms with Crippen LogP contribution in [0.1, 0.15) is 56.2 Å². The fraction of sp³-hybridized carbons (Fsp3) is 0.250. The maximum Gasteiger partial charge on any atom is 0.144 e. The third-order valence-corrected chi connectivity index (χ3v) is 5.83. The average molecular weight is 413 g/mol. The predicted octanol–water partition coefficient (Wildman–Crippen LogP) is 7.90. The maximum atomic E-state index is 13.7. The monoisotopic (exact) mass is 412 g/mol. The van der Waals surface area contributed by atoms with Gasteiger partial charge in [0.15, 0.2) is 0 Å². The van der Waals surface area contributed by atoms with Crippen LogP contribution in [-0.2, 0) is 0 Å². The van der Waals surface area contributed by atoms with Crippen LogP contribution in [0.2, 0.25) is 0 Å². The lowest BCUT2D eigenvalue weighted by atomic mass is 9.88. The molecular formula is C28H29FN2. The van der Waals surface area contributed by atoms with E-state index < -0.39 is 0 Å². The van der Waals surface area contributed by atoms with Crippen LogP contribution in [0.25, 0.3) is 28.2 Å². The van der Waals surface area contributed by atoms with Crippen LogP contribution in [0.5, 0.6) is 0 Å². The summed E-state index contributed by atoms with van der Waals surface area (Å²) in [6, 6.07) is 20.1. The summed E-state index contributed by atoms with van der Waals surface area (Å²) < 4.78 is 15.9. The van der Waals surface area contributed by atoms with Gasteiger partial charge in [0.2, 0.25) is 0 Å². The molecular weight excluding hydrogens is 383 g/mol. The Morgan fingerprint density at radius 2 is 1.45 bits per heavy atom. The van der Waals surface area contributed by atoms with Crippen LogP contribution in [0.3, 0.4) is 0 Å². The zero-order chi connectivity index (χ0) is 22.1. The molecule has 0 amide bonds. The fourth-order valence-corrected chi connectivity index (χ4v) is 4.20. The van der Waals surface area contributed by atoms with E-state index in [2.05, 4.69) is 73.6 Å². The van der Waals surface area contributed by atoms with Gasteiger partial charge in [0, 0.05) is 18.0 Å². The Bertz CT molecular complexity index is 1170. The van der Waals surface area contributed by atoms with Crippen LogP contribution < -0.4 is 0 Å². The Labute approximate surface area is 184 Å². The van der Waals surface area contributed by atoms with Gasteiger partial charge in [-0.15, -0.1) is 0 Å². The molecule has 0 fully saturated rings. The molecule has 0 saturated heterocycles. The topological polar surface area (TPSA) is 17.8 Å². The van der Waals surface area contributed by atoms with Crippen LogP contribution in [0.4, 0.5) is 4.39 Å². The molecule has 158 valence electrons. The number of halogens is 1. The maximum absolute atomic E-state index is 13.7. The quantitative estimate of drug-likeness (QED) is 0.326. The molecule has 0 spiro atoms. The first kappa shape index (κ1) is 21.0. The minimum absolute atomic E-state index is 0.225. The Hall–Kier alpha value is -3.20. The van der Waals surface area contributed by atoms with Gasteiger partial charge in [0.05, 0.1) is 5.69 Å². The van der Waals surface area contributed by atoms with Gasteiger partial charge < -0.3 is 0 Å². The number of aromatic nitrogens is 2. The molecule has 0 saturated carbocycles. The second kappa shape index (κ2) is 8.50. The lowest BCUT2D eigenvalue weighted by molar-refractivity contribution is 0.627. The zero-order valence-electron chi connectivity index (χ0n) is 18.9. The number of imidazole rings is 1. The average Bonchev–Trinajstić information content (AvgIpc) is 3.22. The van der Waals surface area contributed by atoms with Crippen LogP contribution in [0, 0.1) is 12.7 Å². The Morgan fingerprint density at radius 1 is 0.806 bits per heavy atom. The van der Waals surface area contributed by atoms with Gasteiger partial charge in [0.25, 0.3) is 0 Å². The highest BCUT2D eigenvalue weighted by atomic mass is 19.1. The summed E-state index contributed by atoms with van der Waals surface area (Å²) in [6.45, 7) is 10.9. The largest absolute Gasteiger partial charge is 0.299 e. The van der Waals surface area contributed by atoms with E-state index in [4.69, 9.17) is 0 Å². The summed E-state index contributed by atoms with van der Waals surface area (Å²) in [5, 5.41) is 0. The van der Waals surface area contributed by atoms with Crippen molar-refractivity contribution >= 4 is 0 Å². The number of benzene rings is 3. The smallest absolute Gasteiger partial charge is 0.144 e. The normalized spacial score (nSPS) is 11.5. The molecule has 4 rings (SSSR count). The first-order valence-corrected chi connectivity index (χ1v) is 10.9. The number of aryl methyl sites for hydroxylation is 1. The minimum atomic E-state index is -0.225. The van der Waals surface area contributed by atoms with E-state index >= 15 is 0 Å². The van der Waals surface area contributed by atoms with Gasteiger partial charge in [-0.05, 0) is 76.9 Å². The van der Waals surface area contributed by atoms with Crippen LogP contribution in [0.15, 0.2) is 73.1 Å². The Kier molecular flexibility index (Phi) is 5.77. The highest BCUT2D eigenvalue weighted by Gasteiger charge is 2.21. The minimum Gasteiger partial charge on any atom is -0.299 e. The highest BCUT2D eigenvalue weighted by Crippen LogP contribution is 2.38. The molecule has 0 aliphatic carbocycles. The summed E-state index contributed by atoms with van der Waals surface area (Å²) in [6.07, 6.45) is 3.85. The van der Waals surface area contributed by atoms with Crippen LogP contribution in [-0.4, -0.2) is 9.55 Å². The third-order valence-electron chi connectivity index (χ3n) is 5.83. The number of hydrogen-bond donors (Lipinski definition) is 0. The molecule has 0 aliphatic heterocycles. The first-order valence-electron chi connectivity index (χ1n) is 10.9. The van der Waals surface area contributed by atoms with E-state index in [-0.39, 0.29) is 5.82 Å². The van der Waals surface area contributed by atoms with Crippen molar-refractivity contribution in [2.75, 3.05) is 0 Å². The summed E-state index contributed by atoms with van der Waals surface area (Å²) in [7, 11) is 0. The highest BCUT2D eigenvalue weighted by molar-refractivity contribution is 5.72. The molecule has 3 heteroatoms. The molecule has 0 bridgehead atoms. The molecule has 1 aromatic heterocycles. The molecule has 1 heterocycles. The van der Waals surface area contributed by atoms with Crippen molar-refractivity contribution < 1.29 is 4.39 Å². The molecule has 0 atom stereocenters. The summed E-state index contributed by atoms with van der Waals surface area (Å²) in [4.78, 5) is 4.68. The van der Waals surface area contributed by atoms with Crippen molar-refractivity contribution in [1.29, 1.82) is 0 Å². The fourth-order valence-electron chi connectivity index (χ4n) is 4.20. The summed E-state index contributed by atoms with van der Waals surface area (Å²) in [5.41, 5.74) is 8.03. The lowest BCUT2D eigenvalue weighted by Crippen LogP contribution is -2.09. The van der Waals surface area contributed by atoms with E-state index in [0.29, 0.717) is 11.8 Å². The summed E-state index contributed by atoms with van der Waals surface area (Å²) >= 11 is 0. The lowest BCUT2D eigenvalue weighted by Gasteiger charge is -2.24. The second-order valence-corrected chi connectivity index (χ2v) is 8.76. The van der Waals surface area contributed by atoms with Gasteiger partial charge in [0.1, 0.15) is 11.6 Å².